The molecule has 20 heavy (non-hydrogen) atoms. The van der Waals surface area contributed by atoms with Crippen molar-refractivity contribution in [1.82, 2.24) is 15.1 Å². The second kappa shape index (κ2) is 7.73. The Balaban J connectivity index is 1.78. The van der Waals surface area contributed by atoms with E-state index in [-0.39, 0.29) is 12.0 Å². The topological polar surface area (TPSA) is 44.8 Å². The summed E-state index contributed by atoms with van der Waals surface area (Å²) in [7, 11) is 3.79. The zero-order valence-electron chi connectivity index (χ0n) is 12.2. The maximum Gasteiger partial charge on any atom is 0.236 e. The van der Waals surface area contributed by atoms with Crippen LogP contribution in [0, 0.1) is 0 Å². The first-order chi connectivity index (χ1) is 9.69. The average Bonchev–Trinajstić information content (AvgIpc) is 2.92. The Morgan fingerprint density at radius 3 is 3.20 bits per heavy atom. The largest absolute Gasteiger partial charge is 0.374 e. The van der Waals surface area contributed by atoms with Crippen molar-refractivity contribution in [2.75, 3.05) is 46.9 Å². The standard InChI is InChI=1S/C14H23N3O2S/c1-15-7-13-9-17(4-5-19-13)10-14(18)16(2)8-12-3-6-20-11-12/h3,6,11,13,15H,4-5,7-10H2,1-2H3. The van der Waals surface area contributed by atoms with Crippen LogP contribution in [0.3, 0.4) is 0 Å². The van der Waals surface area contributed by atoms with Gasteiger partial charge >= 0.3 is 0 Å². The second-order valence-corrected chi connectivity index (χ2v) is 5.95. The van der Waals surface area contributed by atoms with E-state index >= 15 is 0 Å². The fourth-order valence-corrected chi connectivity index (χ4v) is 2.99. The molecule has 112 valence electrons. The van der Waals surface area contributed by atoms with Crippen molar-refractivity contribution < 1.29 is 9.53 Å². The molecule has 1 aliphatic heterocycles. The summed E-state index contributed by atoms with van der Waals surface area (Å²) in [5, 5.41) is 7.24. The van der Waals surface area contributed by atoms with E-state index < -0.39 is 0 Å². The minimum Gasteiger partial charge on any atom is -0.374 e. The number of rotatable bonds is 6. The van der Waals surface area contributed by atoms with E-state index in [0.29, 0.717) is 19.7 Å². The molecule has 1 N–H and O–H groups in total. The number of ether oxygens (including phenoxy) is 1. The van der Waals surface area contributed by atoms with Crippen LogP contribution in [0.15, 0.2) is 16.8 Å². The zero-order chi connectivity index (χ0) is 14.4. The molecule has 5 nitrogen and oxygen atoms in total. The van der Waals surface area contributed by atoms with E-state index in [1.54, 1.807) is 16.2 Å². The van der Waals surface area contributed by atoms with Gasteiger partial charge in [0, 0.05) is 33.2 Å². The lowest BCUT2D eigenvalue weighted by molar-refractivity contribution is -0.133. The predicted octanol–water partition coefficient (Wildman–Crippen LogP) is 0.627. The van der Waals surface area contributed by atoms with Crippen LogP contribution in [0.25, 0.3) is 0 Å². The van der Waals surface area contributed by atoms with Gasteiger partial charge in [-0.05, 0) is 29.4 Å². The van der Waals surface area contributed by atoms with Crippen molar-refractivity contribution in [2.24, 2.45) is 0 Å². The molecule has 2 heterocycles. The number of thiophene rings is 1. The predicted molar refractivity (Wildman–Crippen MR) is 80.9 cm³/mol. The minimum absolute atomic E-state index is 0.168. The Bertz CT molecular complexity index is 409. The summed E-state index contributed by atoms with van der Waals surface area (Å²) >= 11 is 1.66. The summed E-state index contributed by atoms with van der Waals surface area (Å²) in [6.45, 7) is 4.34. The molecule has 0 saturated carbocycles. The number of nitrogens with zero attached hydrogens (tertiary/aromatic N) is 2. The highest BCUT2D eigenvalue weighted by Crippen LogP contribution is 2.09. The van der Waals surface area contributed by atoms with E-state index in [1.165, 1.54) is 5.56 Å². The molecule has 1 saturated heterocycles. The lowest BCUT2D eigenvalue weighted by atomic mass is 10.2. The van der Waals surface area contributed by atoms with Crippen LogP contribution in [-0.2, 0) is 16.1 Å². The van der Waals surface area contributed by atoms with Gasteiger partial charge in [0.15, 0.2) is 0 Å². The van der Waals surface area contributed by atoms with Gasteiger partial charge in [0.1, 0.15) is 0 Å². The van der Waals surface area contributed by atoms with Crippen LogP contribution in [-0.4, -0.2) is 68.7 Å². The van der Waals surface area contributed by atoms with Gasteiger partial charge < -0.3 is 15.0 Å². The van der Waals surface area contributed by atoms with Crippen molar-refractivity contribution in [3.05, 3.63) is 22.4 Å². The fourth-order valence-electron chi connectivity index (χ4n) is 2.33. The molecule has 0 aromatic carbocycles. The highest BCUT2D eigenvalue weighted by atomic mass is 32.1. The lowest BCUT2D eigenvalue weighted by Gasteiger charge is -2.33. The number of hydrogen-bond donors (Lipinski definition) is 1. The third-order valence-corrected chi connectivity index (χ3v) is 4.17. The monoisotopic (exact) mass is 297 g/mol. The van der Waals surface area contributed by atoms with Crippen molar-refractivity contribution in [1.29, 1.82) is 0 Å². The van der Waals surface area contributed by atoms with Gasteiger partial charge in [-0.2, -0.15) is 11.3 Å². The van der Waals surface area contributed by atoms with Gasteiger partial charge in [-0.3, -0.25) is 9.69 Å². The number of likely N-dealkylation sites (N-methyl/N-ethyl adjacent to an activating group) is 2. The van der Waals surface area contributed by atoms with E-state index in [9.17, 15) is 4.79 Å². The van der Waals surface area contributed by atoms with Gasteiger partial charge in [-0.1, -0.05) is 0 Å². The first-order valence-electron chi connectivity index (χ1n) is 6.92. The first-order valence-corrected chi connectivity index (χ1v) is 7.87. The molecule has 1 aliphatic rings. The molecular weight excluding hydrogens is 274 g/mol. The number of morpholine rings is 1. The Morgan fingerprint density at radius 2 is 2.50 bits per heavy atom. The molecule has 0 spiro atoms. The summed E-state index contributed by atoms with van der Waals surface area (Å²) in [6, 6.07) is 2.06. The maximum atomic E-state index is 12.2. The summed E-state index contributed by atoms with van der Waals surface area (Å²) in [4.78, 5) is 16.2. The van der Waals surface area contributed by atoms with E-state index in [2.05, 4.69) is 21.7 Å². The number of carbonyl (C=O) groups excluding carboxylic acids is 1. The average molecular weight is 297 g/mol. The minimum atomic E-state index is 0.168. The highest BCUT2D eigenvalue weighted by Gasteiger charge is 2.22. The summed E-state index contributed by atoms with van der Waals surface area (Å²) < 4.78 is 5.65. The normalized spacial score (nSPS) is 20.0. The highest BCUT2D eigenvalue weighted by molar-refractivity contribution is 7.07. The molecule has 1 unspecified atom stereocenters. The van der Waals surface area contributed by atoms with Gasteiger partial charge in [0.25, 0.3) is 0 Å². The molecule has 0 radical (unpaired) electrons. The molecule has 1 aromatic rings. The Labute approximate surface area is 124 Å². The summed E-state index contributed by atoms with van der Waals surface area (Å²) in [5.74, 6) is 0.168. The quantitative estimate of drug-likeness (QED) is 0.836. The summed E-state index contributed by atoms with van der Waals surface area (Å²) in [5.41, 5.74) is 1.20. The van der Waals surface area contributed by atoms with Crippen molar-refractivity contribution >= 4 is 17.2 Å². The molecule has 2 rings (SSSR count). The molecule has 1 amide bonds. The first kappa shape index (κ1) is 15.4. The van der Waals surface area contributed by atoms with Gasteiger partial charge in [-0.25, -0.2) is 0 Å². The number of hydrogen-bond acceptors (Lipinski definition) is 5. The number of carbonyl (C=O) groups is 1. The Morgan fingerprint density at radius 1 is 1.65 bits per heavy atom. The lowest BCUT2D eigenvalue weighted by Crippen LogP contribution is -2.49. The molecule has 0 aliphatic carbocycles. The van der Waals surface area contributed by atoms with Crippen molar-refractivity contribution in [3.8, 4) is 0 Å². The molecular formula is C14H23N3O2S. The van der Waals surface area contributed by atoms with Crippen LogP contribution >= 0.6 is 11.3 Å². The van der Waals surface area contributed by atoms with E-state index in [1.807, 2.05) is 19.5 Å². The maximum absolute atomic E-state index is 12.2. The Kier molecular flexibility index (Phi) is 5.97. The Hall–Kier alpha value is -0.950. The van der Waals surface area contributed by atoms with Gasteiger partial charge in [0.05, 0.1) is 19.3 Å². The smallest absolute Gasteiger partial charge is 0.236 e. The number of nitrogens with one attached hydrogen (secondary N) is 1. The van der Waals surface area contributed by atoms with Crippen molar-refractivity contribution in [2.45, 2.75) is 12.6 Å². The van der Waals surface area contributed by atoms with E-state index in [0.717, 1.165) is 19.6 Å². The van der Waals surface area contributed by atoms with Crippen LogP contribution < -0.4 is 5.32 Å². The zero-order valence-corrected chi connectivity index (χ0v) is 13.0. The fraction of sp³-hybridized carbons (Fsp3) is 0.643. The third-order valence-electron chi connectivity index (χ3n) is 3.44. The SMILES string of the molecule is CNCC1CN(CC(=O)N(C)Cc2ccsc2)CCO1. The molecule has 1 fully saturated rings. The van der Waals surface area contributed by atoms with Gasteiger partial charge in [-0.15, -0.1) is 0 Å². The molecule has 0 bridgehead atoms. The van der Waals surface area contributed by atoms with Gasteiger partial charge in [0.2, 0.25) is 5.91 Å². The molecule has 1 atom stereocenters. The van der Waals surface area contributed by atoms with Crippen LogP contribution in [0.1, 0.15) is 5.56 Å². The summed E-state index contributed by atoms with van der Waals surface area (Å²) in [6.07, 6.45) is 0.184. The molecule has 6 heteroatoms. The van der Waals surface area contributed by atoms with Crippen LogP contribution in [0.2, 0.25) is 0 Å². The third kappa shape index (κ3) is 4.56. The van der Waals surface area contributed by atoms with Crippen LogP contribution in [0.5, 0.6) is 0 Å². The number of amides is 1. The second-order valence-electron chi connectivity index (χ2n) is 5.17. The van der Waals surface area contributed by atoms with Crippen LogP contribution in [0.4, 0.5) is 0 Å². The van der Waals surface area contributed by atoms with E-state index in [4.69, 9.17) is 4.74 Å². The van der Waals surface area contributed by atoms with Crippen molar-refractivity contribution in [3.63, 3.8) is 0 Å². The molecule has 1 aromatic heterocycles.